The van der Waals surface area contributed by atoms with Crippen LogP contribution in [0.4, 0.5) is 0 Å². The number of aldehydes is 1. The number of nitrogens with one attached hydrogen (secondary N) is 1. The minimum absolute atomic E-state index is 0. The van der Waals surface area contributed by atoms with E-state index in [9.17, 15) is 10.1 Å². The Morgan fingerprint density at radius 2 is 1.83 bits per heavy atom. The van der Waals surface area contributed by atoms with Gasteiger partial charge in [-0.2, -0.15) is 5.26 Å². The molecule has 2 aromatic rings. The summed E-state index contributed by atoms with van der Waals surface area (Å²) in [5, 5.41) is 10.1. The predicted molar refractivity (Wildman–Crippen MR) is 90.8 cm³/mol. The number of carbonyl (C=O) groups is 1. The predicted octanol–water partition coefficient (Wildman–Crippen LogP) is 2.79. The molecule has 0 unspecified atom stereocenters. The number of hydrogen-bond acceptors (Lipinski definition) is 4. The third-order valence-electron chi connectivity index (χ3n) is 4.67. The van der Waals surface area contributed by atoms with Gasteiger partial charge in [-0.25, -0.2) is 0 Å². The van der Waals surface area contributed by atoms with Crippen molar-refractivity contribution in [1.29, 1.82) is 5.26 Å². The van der Waals surface area contributed by atoms with Crippen molar-refractivity contribution in [2.45, 2.75) is 46.3 Å². The number of hydrogen-bond donors (Lipinski definition) is 1. The van der Waals surface area contributed by atoms with Gasteiger partial charge >= 0.3 is 7.12 Å². The van der Waals surface area contributed by atoms with Crippen LogP contribution in [0, 0.1) is 11.3 Å². The van der Waals surface area contributed by atoms with Crippen molar-refractivity contribution >= 4 is 29.8 Å². The van der Waals surface area contributed by atoms with Gasteiger partial charge in [0.05, 0.1) is 22.3 Å². The molecule has 1 aromatic heterocycles. The van der Waals surface area contributed by atoms with Crippen molar-refractivity contribution in [2.24, 2.45) is 0 Å². The highest BCUT2D eigenvalue weighted by atomic mass is 16.7. The molecule has 2 heterocycles. The van der Waals surface area contributed by atoms with Crippen molar-refractivity contribution in [3.63, 3.8) is 0 Å². The summed E-state index contributed by atoms with van der Waals surface area (Å²) >= 11 is 0. The summed E-state index contributed by atoms with van der Waals surface area (Å²) in [7, 11) is -0.507. The number of fused-ring (bicyclic) bond motifs is 1. The molecule has 1 N–H and O–H groups in total. The molecule has 0 amide bonds. The second-order valence-electron chi connectivity index (χ2n) is 6.51. The molecular formula is C17H21BN2O3. The zero-order valence-electron chi connectivity index (χ0n) is 13.1. The van der Waals surface area contributed by atoms with Crippen LogP contribution in [0.3, 0.4) is 0 Å². The Morgan fingerprint density at radius 3 is 2.35 bits per heavy atom. The van der Waals surface area contributed by atoms with Crippen LogP contribution in [0.1, 0.15) is 51.0 Å². The second kappa shape index (κ2) is 5.52. The zero-order valence-corrected chi connectivity index (χ0v) is 13.1. The molecule has 0 atom stereocenters. The Labute approximate surface area is 136 Å². The highest BCUT2D eigenvalue weighted by Crippen LogP contribution is 2.37. The Hall–Kier alpha value is -2.10. The molecule has 0 aliphatic carbocycles. The summed E-state index contributed by atoms with van der Waals surface area (Å²) in [5.41, 5.74) is 1.33. The lowest BCUT2D eigenvalue weighted by atomic mass is 9.78. The van der Waals surface area contributed by atoms with Crippen LogP contribution in [0.25, 0.3) is 10.9 Å². The summed E-state index contributed by atoms with van der Waals surface area (Å²) in [6.45, 7) is 7.97. The maximum atomic E-state index is 11.0. The lowest BCUT2D eigenvalue weighted by molar-refractivity contribution is 0.00578. The fourth-order valence-corrected chi connectivity index (χ4v) is 2.62. The van der Waals surface area contributed by atoms with E-state index in [-0.39, 0.29) is 7.43 Å². The molecule has 23 heavy (non-hydrogen) atoms. The molecule has 1 saturated heterocycles. The zero-order chi connectivity index (χ0) is 16.1. The molecule has 0 radical (unpaired) electrons. The summed E-state index contributed by atoms with van der Waals surface area (Å²) in [5.74, 6) is 0. The van der Waals surface area contributed by atoms with Crippen molar-refractivity contribution in [3.05, 3.63) is 29.5 Å². The molecule has 5 nitrogen and oxygen atoms in total. The number of nitrogens with zero attached hydrogens (tertiary/aromatic N) is 1. The second-order valence-corrected chi connectivity index (χ2v) is 6.51. The molecule has 1 aliphatic rings. The standard InChI is InChI=1S/C16H17BN2O3.CH4/c1-15(2)16(3,4)22-17(21-15)13-8-19-14-11(13)6-5-10(9-20)12(14)7-18;/h5-6,8-9,19H,1-4H3;1H4. The van der Waals surface area contributed by atoms with E-state index in [4.69, 9.17) is 9.31 Å². The van der Waals surface area contributed by atoms with Crippen molar-refractivity contribution in [1.82, 2.24) is 4.98 Å². The number of rotatable bonds is 2. The van der Waals surface area contributed by atoms with E-state index in [1.807, 2.05) is 33.8 Å². The molecule has 0 bridgehead atoms. The first-order valence-corrected chi connectivity index (χ1v) is 7.15. The highest BCUT2D eigenvalue weighted by molar-refractivity contribution is 6.65. The van der Waals surface area contributed by atoms with Crippen LogP contribution in [0.5, 0.6) is 0 Å². The normalized spacial score (nSPS) is 18.5. The Bertz CT molecular complexity index is 786. The Balaban J connectivity index is 0.00000192. The fourth-order valence-electron chi connectivity index (χ4n) is 2.62. The Morgan fingerprint density at radius 1 is 1.22 bits per heavy atom. The van der Waals surface area contributed by atoms with Gasteiger partial charge in [0.2, 0.25) is 0 Å². The number of carbonyl (C=O) groups excluding carboxylic acids is 1. The summed E-state index contributed by atoms with van der Waals surface area (Å²) in [6, 6.07) is 5.55. The molecule has 1 aromatic carbocycles. The first-order valence-electron chi connectivity index (χ1n) is 7.15. The maximum absolute atomic E-state index is 11.0. The third kappa shape index (κ3) is 2.46. The molecule has 1 fully saturated rings. The molecule has 0 saturated carbocycles. The van der Waals surface area contributed by atoms with Gasteiger partial charge in [0.15, 0.2) is 6.29 Å². The molecule has 6 heteroatoms. The fraction of sp³-hybridized carbons (Fsp3) is 0.412. The van der Waals surface area contributed by atoms with Gasteiger partial charge in [-0.05, 0) is 33.8 Å². The van der Waals surface area contributed by atoms with E-state index in [0.29, 0.717) is 22.9 Å². The van der Waals surface area contributed by atoms with E-state index >= 15 is 0 Å². The smallest absolute Gasteiger partial charge is 0.399 e. The minimum Gasteiger partial charge on any atom is -0.399 e. The molecule has 0 spiro atoms. The van der Waals surface area contributed by atoms with Crippen LogP contribution in [-0.2, 0) is 9.31 Å². The van der Waals surface area contributed by atoms with E-state index in [0.717, 1.165) is 10.8 Å². The first-order chi connectivity index (χ1) is 10.3. The first kappa shape index (κ1) is 17.3. The minimum atomic E-state index is -0.507. The highest BCUT2D eigenvalue weighted by Gasteiger charge is 2.52. The average Bonchev–Trinajstić information content (AvgIpc) is 2.96. The number of aromatic amines is 1. The summed E-state index contributed by atoms with van der Waals surface area (Å²) < 4.78 is 12.1. The van der Waals surface area contributed by atoms with E-state index < -0.39 is 18.3 Å². The van der Waals surface area contributed by atoms with E-state index in [1.165, 1.54) is 0 Å². The van der Waals surface area contributed by atoms with Gasteiger partial charge < -0.3 is 14.3 Å². The van der Waals surface area contributed by atoms with Gasteiger partial charge in [-0.1, -0.05) is 13.5 Å². The largest absolute Gasteiger partial charge is 0.497 e. The van der Waals surface area contributed by atoms with Crippen LogP contribution < -0.4 is 5.46 Å². The Kier molecular flexibility index (Phi) is 4.14. The van der Waals surface area contributed by atoms with Gasteiger partial charge in [0.25, 0.3) is 0 Å². The van der Waals surface area contributed by atoms with Crippen molar-refractivity contribution < 1.29 is 14.1 Å². The number of aromatic nitrogens is 1. The van der Waals surface area contributed by atoms with Crippen LogP contribution in [0.15, 0.2) is 18.3 Å². The van der Waals surface area contributed by atoms with Gasteiger partial charge in [-0.15, -0.1) is 0 Å². The van der Waals surface area contributed by atoms with E-state index in [2.05, 4.69) is 11.1 Å². The quantitative estimate of drug-likeness (QED) is 0.683. The number of nitriles is 1. The summed E-state index contributed by atoms with van der Waals surface area (Å²) in [6.07, 6.45) is 2.47. The van der Waals surface area contributed by atoms with Crippen LogP contribution in [0.2, 0.25) is 0 Å². The molecular weight excluding hydrogens is 291 g/mol. The molecule has 1 aliphatic heterocycles. The van der Waals surface area contributed by atoms with Gasteiger partial charge in [0.1, 0.15) is 6.07 Å². The molecule has 120 valence electrons. The van der Waals surface area contributed by atoms with Crippen molar-refractivity contribution in [2.75, 3.05) is 0 Å². The lowest BCUT2D eigenvalue weighted by Crippen LogP contribution is -2.41. The third-order valence-corrected chi connectivity index (χ3v) is 4.67. The van der Waals surface area contributed by atoms with Gasteiger partial charge in [-0.3, -0.25) is 4.79 Å². The maximum Gasteiger partial charge on any atom is 0.497 e. The lowest BCUT2D eigenvalue weighted by Gasteiger charge is -2.32. The van der Waals surface area contributed by atoms with Crippen LogP contribution in [-0.4, -0.2) is 29.6 Å². The number of benzene rings is 1. The SMILES string of the molecule is C.CC1(C)OB(c2c[nH]c3c(C#N)c(C=O)ccc23)OC1(C)C. The van der Waals surface area contributed by atoms with E-state index in [1.54, 1.807) is 12.3 Å². The number of H-pyrrole nitrogens is 1. The van der Waals surface area contributed by atoms with Crippen molar-refractivity contribution in [3.8, 4) is 6.07 Å². The average molecular weight is 312 g/mol. The topological polar surface area (TPSA) is 75.1 Å². The summed E-state index contributed by atoms with van der Waals surface area (Å²) in [4.78, 5) is 14.1. The molecule has 3 rings (SSSR count). The monoisotopic (exact) mass is 312 g/mol. The van der Waals surface area contributed by atoms with Crippen LogP contribution >= 0.6 is 0 Å². The van der Waals surface area contributed by atoms with Gasteiger partial charge in [0, 0.05) is 22.6 Å².